The summed E-state index contributed by atoms with van der Waals surface area (Å²) in [5.41, 5.74) is 1.13. The lowest BCUT2D eigenvalue weighted by Crippen LogP contribution is -2.21. The van der Waals surface area contributed by atoms with Gasteiger partial charge >= 0.3 is 5.97 Å². The molecule has 2 aromatic carbocycles. The molecule has 1 amide bonds. The first-order valence-electron chi connectivity index (χ1n) is 7.16. The van der Waals surface area contributed by atoms with Crippen LogP contribution in [0.25, 0.3) is 11.0 Å². The van der Waals surface area contributed by atoms with Crippen molar-refractivity contribution in [1.29, 1.82) is 0 Å². The molecule has 1 aromatic heterocycles. The third kappa shape index (κ3) is 3.97. The number of carbonyl (C=O) groups is 2. The minimum Gasteiger partial charge on any atom is -0.452 e. The number of para-hydroxylation sites is 1. The van der Waals surface area contributed by atoms with Gasteiger partial charge in [0.1, 0.15) is 11.3 Å². The van der Waals surface area contributed by atoms with E-state index in [-0.39, 0.29) is 11.3 Å². The first kappa shape index (κ1) is 17.0. The fraction of sp³-hybridized carbons (Fsp3) is 0.0588. The average molecular weight is 404 g/mol. The van der Waals surface area contributed by atoms with Gasteiger partial charge in [-0.2, -0.15) is 0 Å². The van der Waals surface area contributed by atoms with Gasteiger partial charge in [0, 0.05) is 16.9 Å². The zero-order valence-electron chi connectivity index (χ0n) is 12.7. The molecule has 0 spiro atoms. The van der Waals surface area contributed by atoms with E-state index in [2.05, 4.69) is 31.2 Å². The Balaban J connectivity index is 1.66. The van der Waals surface area contributed by atoms with Gasteiger partial charge in [0.05, 0.1) is 16.8 Å². The normalized spacial score (nSPS) is 10.5. The Hall–Kier alpha value is -2.87. The van der Waals surface area contributed by atoms with Gasteiger partial charge in [-0.1, -0.05) is 22.0 Å². The van der Waals surface area contributed by atoms with E-state index < -0.39 is 24.3 Å². The minimum absolute atomic E-state index is 0.000256. The predicted molar refractivity (Wildman–Crippen MR) is 92.6 cm³/mol. The van der Waals surface area contributed by atoms with Crippen LogP contribution in [0.15, 0.2) is 53.3 Å². The highest BCUT2D eigenvalue weighted by Crippen LogP contribution is 2.19. The number of nitrogens with one attached hydrogen (secondary N) is 1. The van der Waals surface area contributed by atoms with Gasteiger partial charge < -0.3 is 10.1 Å². The topological polar surface area (TPSA) is 81.2 Å². The van der Waals surface area contributed by atoms with E-state index in [0.717, 1.165) is 0 Å². The van der Waals surface area contributed by atoms with Crippen LogP contribution in [0.5, 0.6) is 0 Å². The van der Waals surface area contributed by atoms with E-state index in [0.29, 0.717) is 15.5 Å². The number of esters is 1. The summed E-state index contributed by atoms with van der Waals surface area (Å²) < 4.78 is 19.2. The number of aromatic nitrogens is 2. The van der Waals surface area contributed by atoms with Crippen LogP contribution in [0, 0.1) is 5.82 Å². The summed E-state index contributed by atoms with van der Waals surface area (Å²) in [5, 5.41) is 2.34. The molecular formula is C17H11BrFN3O3. The summed E-state index contributed by atoms with van der Waals surface area (Å²) in [4.78, 5) is 32.2. The van der Waals surface area contributed by atoms with Crippen molar-refractivity contribution in [3.8, 4) is 0 Å². The fourth-order valence-corrected chi connectivity index (χ4v) is 2.48. The molecule has 0 aliphatic carbocycles. The molecule has 0 fully saturated rings. The molecule has 1 heterocycles. The number of amides is 1. The van der Waals surface area contributed by atoms with Gasteiger partial charge in [0.25, 0.3) is 5.91 Å². The predicted octanol–water partition coefficient (Wildman–Crippen LogP) is 3.33. The highest BCUT2D eigenvalue weighted by atomic mass is 79.9. The number of ether oxygens (including phenoxy) is 1. The standard InChI is InChI=1S/C17H11BrFN3O3/c18-10-4-5-13(12(19)8-10)22-15(23)9-25-17(24)11-2-1-3-14-16(11)21-7-6-20-14/h1-8H,9H2,(H,22,23). The van der Waals surface area contributed by atoms with Crippen molar-refractivity contribution < 1.29 is 18.7 Å². The Labute approximate surface area is 150 Å². The summed E-state index contributed by atoms with van der Waals surface area (Å²) in [6.07, 6.45) is 2.97. The second-order valence-corrected chi connectivity index (χ2v) is 5.89. The molecule has 126 valence electrons. The van der Waals surface area contributed by atoms with Gasteiger partial charge in [0.2, 0.25) is 0 Å². The van der Waals surface area contributed by atoms with E-state index >= 15 is 0 Å². The van der Waals surface area contributed by atoms with Gasteiger partial charge in [-0.15, -0.1) is 0 Å². The Morgan fingerprint density at radius 1 is 1.16 bits per heavy atom. The number of carbonyl (C=O) groups excluding carboxylic acids is 2. The van der Waals surface area contributed by atoms with Crippen LogP contribution in [0.1, 0.15) is 10.4 Å². The van der Waals surface area contributed by atoms with E-state index in [9.17, 15) is 14.0 Å². The lowest BCUT2D eigenvalue weighted by molar-refractivity contribution is -0.119. The number of fused-ring (bicyclic) bond motifs is 1. The van der Waals surface area contributed by atoms with Gasteiger partial charge in [0.15, 0.2) is 6.61 Å². The van der Waals surface area contributed by atoms with Crippen LogP contribution >= 0.6 is 15.9 Å². The highest BCUT2D eigenvalue weighted by Gasteiger charge is 2.15. The Bertz CT molecular complexity index is 960. The van der Waals surface area contributed by atoms with Crippen molar-refractivity contribution in [3.63, 3.8) is 0 Å². The summed E-state index contributed by atoms with van der Waals surface area (Å²) in [6, 6.07) is 9.09. The number of hydrogen-bond acceptors (Lipinski definition) is 5. The quantitative estimate of drug-likeness (QED) is 0.675. The number of nitrogens with zero attached hydrogens (tertiary/aromatic N) is 2. The van der Waals surface area contributed by atoms with Crippen LogP contribution in [-0.2, 0) is 9.53 Å². The van der Waals surface area contributed by atoms with Crippen LogP contribution in [0.3, 0.4) is 0 Å². The van der Waals surface area contributed by atoms with Crippen LogP contribution in [0.4, 0.5) is 10.1 Å². The molecule has 0 saturated heterocycles. The molecule has 3 rings (SSSR count). The molecule has 0 bridgehead atoms. The second kappa shape index (κ2) is 7.35. The molecule has 1 N–H and O–H groups in total. The molecule has 3 aromatic rings. The SMILES string of the molecule is O=C(COC(=O)c1cccc2nccnc12)Nc1ccc(Br)cc1F. The molecule has 8 heteroatoms. The highest BCUT2D eigenvalue weighted by molar-refractivity contribution is 9.10. The second-order valence-electron chi connectivity index (χ2n) is 4.98. The number of anilines is 1. The molecule has 0 aliphatic rings. The summed E-state index contributed by atoms with van der Waals surface area (Å²) in [6.45, 7) is -0.551. The summed E-state index contributed by atoms with van der Waals surface area (Å²) >= 11 is 3.12. The van der Waals surface area contributed by atoms with Crippen LogP contribution in [-0.4, -0.2) is 28.5 Å². The van der Waals surface area contributed by atoms with E-state index in [1.54, 1.807) is 18.2 Å². The lowest BCUT2D eigenvalue weighted by atomic mass is 10.2. The van der Waals surface area contributed by atoms with E-state index in [1.165, 1.54) is 30.6 Å². The van der Waals surface area contributed by atoms with E-state index in [1.807, 2.05) is 0 Å². The monoisotopic (exact) mass is 403 g/mol. The fourth-order valence-electron chi connectivity index (χ4n) is 2.14. The maximum Gasteiger partial charge on any atom is 0.340 e. The average Bonchev–Trinajstić information content (AvgIpc) is 2.61. The van der Waals surface area contributed by atoms with Crippen LogP contribution < -0.4 is 5.32 Å². The summed E-state index contributed by atoms with van der Waals surface area (Å²) in [5.74, 6) is -1.96. The molecular weight excluding hydrogens is 393 g/mol. The molecule has 0 atom stereocenters. The van der Waals surface area contributed by atoms with Crippen LogP contribution in [0.2, 0.25) is 0 Å². The number of hydrogen-bond donors (Lipinski definition) is 1. The number of rotatable bonds is 4. The molecule has 6 nitrogen and oxygen atoms in total. The van der Waals surface area contributed by atoms with E-state index in [4.69, 9.17) is 4.74 Å². The Morgan fingerprint density at radius 2 is 1.96 bits per heavy atom. The Morgan fingerprint density at radius 3 is 2.76 bits per heavy atom. The third-order valence-electron chi connectivity index (χ3n) is 3.26. The zero-order valence-corrected chi connectivity index (χ0v) is 14.3. The van der Waals surface area contributed by atoms with Crippen molar-refractivity contribution in [1.82, 2.24) is 9.97 Å². The molecule has 0 saturated carbocycles. The maximum absolute atomic E-state index is 13.7. The lowest BCUT2D eigenvalue weighted by Gasteiger charge is -2.08. The smallest absolute Gasteiger partial charge is 0.340 e. The van der Waals surface area contributed by atoms with Crippen molar-refractivity contribution in [2.24, 2.45) is 0 Å². The Kier molecular flexibility index (Phi) is 4.99. The number of benzene rings is 2. The molecule has 25 heavy (non-hydrogen) atoms. The first-order chi connectivity index (χ1) is 12.0. The molecule has 0 radical (unpaired) electrons. The molecule has 0 unspecified atom stereocenters. The zero-order chi connectivity index (χ0) is 17.8. The van der Waals surface area contributed by atoms with Crippen molar-refractivity contribution in [2.75, 3.05) is 11.9 Å². The van der Waals surface area contributed by atoms with Crippen molar-refractivity contribution >= 4 is 44.5 Å². The van der Waals surface area contributed by atoms with Crippen molar-refractivity contribution in [3.05, 3.63) is 64.6 Å². The van der Waals surface area contributed by atoms with Gasteiger partial charge in [-0.25, -0.2) is 9.18 Å². The van der Waals surface area contributed by atoms with Gasteiger partial charge in [-0.05, 0) is 30.3 Å². The third-order valence-corrected chi connectivity index (χ3v) is 3.75. The molecule has 0 aliphatic heterocycles. The largest absolute Gasteiger partial charge is 0.452 e. The first-order valence-corrected chi connectivity index (χ1v) is 7.95. The minimum atomic E-state index is -0.711. The summed E-state index contributed by atoms with van der Waals surface area (Å²) in [7, 11) is 0. The van der Waals surface area contributed by atoms with Gasteiger partial charge in [-0.3, -0.25) is 14.8 Å². The number of halogens is 2. The van der Waals surface area contributed by atoms with Crippen molar-refractivity contribution in [2.45, 2.75) is 0 Å². The maximum atomic E-state index is 13.7.